The van der Waals surface area contributed by atoms with Gasteiger partial charge in [0, 0.05) is 6.04 Å². The third-order valence-electron chi connectivity index (χ3n) is 1.51. The van der Waals surface area contributed by atoms with Crippen molar-refractivity contribution in [2.45, 2.75) is 45.3 Å². The van der Waals surface area contributed by atoms with E-state index in [0.717, 1.165) is 19.3 Å². The molecule has 2 heteroatoms. The van der Waals surface area contributed by atoms with E-state index in [1.807, 2.05) is 0 Å². The molecule has 0 fully saturated rings. The summed E-state index contributed by atoms with van der Waals surface area (Å²) in [6, 6.07) is -0.0232. The molecule has 0 rings (SSSR count). The van der Waals surface area contributed by atoms with Gasteiger partial charge in [-0.15, -0.1) is 0 Å². The number of nitrogens with two attached hydrogens (primary N) is 1. The van der Waals surface area contributed by atoms with E-state index in [1.54, 1.807) is 6.92 Å². The zero-order valence-electron chi connectivity index (χ0n) is 6.30. The van der Waals surface area contributed by atoms with Gasteiger partial charge in [-0.1, -0.05) is 19.8 Å². The fourth-order valence-corrected chi connectivity index (χ4v) is 0.681. The van der Waals surface area contributed by atoms with E-state index in [1.165, 1.54) is 0 Å². The van der Waals surface area contributed by atoms with Gasteiger partial charge in [0.1, 0.15) is 0 Å². The van der Waals surface area contributed by atoms with Gasteiger partial charge >= 0.3 is 0 Å². The summed E-state index contributed by atoms with van der Waals surface area (Å²) in [5.41, 5.74) is 5.55. The standard InChI is InChI=1S/C7H17NO/c1-3-4-5-7(8)6(2)9/h6-7,9H,3-5,8H2,1-2H3/t6-,7-/m1/s1. The molecule has 0 aliphatic carbocycles. The number of aliphatic hydroxyl groups is 1. The molecule has 56 valence electrons. The number of rotatable bonds is 4. The lowest BCUT2D eigenvalue weighted by Gasteiger charge is -2.12. The van der Waals surface area contributed by atoms with E-state index in [9.17, 15) is 0 Å². The molecule has 0 amide bonds. The summed E-state index contributed by atoms with van der Waals surface area (Å²) in [6.07, 6.45) is 2.86. The third-order valence-corrected chi connectivity index (χ3v) is 1.51. The van der Waals surface area contributed by atoms with Crippen molar-refractivity contribution < 1.29 is 5.11 Å². The van der Waals surface area contributed by atoms with Crippen LogP contribution in [0, 0.1) is 0 Å². The first kappa shape index (κ1) is 8.92. The van der Waals surface area contributed by atoms with Crippen molar-refractivity contribution in [2.24, 2.45) is 5.73 Å². The van der Waals surface area contributed by atoms with Gasteiger partial charge in [-0.25, -0.2) is 0 Å². The van der Waals surface area contributed by atoms with Crippen LogP contribution < -0.4 is 5.73 Å². The van der Waals surface area contributed by atoms with Crippen LogP contribution in [0.3, 0.4) is 0 Å². The highest BCUT2D eigenvalue weighted by Gasteiger charge is 2.06. The second-order valence-corrected chi connectivity index (χ2v) is 2.55. The van der Waals surface area contributed by atoms with Crippen LogP contribution in [0.25, 0.3) is 0 Å². The van der Waals surface area contributed by atoms with Crippen LogP contribution in [-0.2, 0) is 0 Å². The minimum absolute atomic E-state index is 0.0232. The molecule has 0 aromatic carbocycles. The van der Waals surface area contributed by atoms with E-state index in [4.69, 9.17) is 10.8 Å². The van der Waals surface area contributed by atoms with Crippen LogP contribution in [0.4, 0.5) is 0 Å². The van der Waals surface area contributed by atoms with Gasteiger partial charge in [0.15, 0.2) is 0 Å². The Hall–Kier alpha value is -0.0800. The van der Waals surface area contributed by atoms with Crippen LogP contribution in [0.5, 0.6) is 0 Å². The van der Waals surface area contributed by atoms with Crippen molar-refractivity contribution in [1.82, 2.24) is 0 Å². The maximum atomic E-state index is 8.92. The second kappa shape index (κ2) is 4.77. The summed E-state index contributed by atoms with van der Waals surface area (Å²) in [4.78, 5) is 0. The van der Waals surface area contributed by atoms with Crippen molar-refractivity contribution >= 4 is 0 Å². The lowest BCUT2D eigenvalue weighted by molar-refractivity contribution is 0.158. The quantitative estimate of drug-likeness (QED) is 0.595. The van der Waals surface area contributed by atoms with Crippen molar-refractivity contribution in [2.75, 3.05) is 0 Å². The van der Waals surface area contributed by atoms with E-state index in [2.05, 4.69) is 6.92 Å². The fraction of sp³-hybridized carbons (Fsp3) is 1.00. The Morgan fingerprint density at radius 2 is 2.11 bits per heavy atom. The molecule has 0 aliphatic rings. The minimum atomic E-state index is -0.350. The van der Waals surface area contributed by atoms with Gasteiger partial charge < -0.3 is 10.8 Å². The van der Waals surface area contributed by atoms with Crippen molar-refractivity contribution in [1.29, 1.82) is 0 Å². The first-order valence-corrected chi connectivity index (χ1v) is 3.62. The predicted octanol–water partition coefficient (Wildman–Crippen LogP) is 0.885. The second-order valence-electron chi connectivity index (χ2n) is 2.55. The zero-order valence-corrected chi connectivity index (χ0v) is 6.30. The van der Waals surface area contributed by atoms with Crippen LogP contribution in [0.2, 0.25) is 0 Å². The maximum Gasteiger partial charge on any atom is 0.0662 e. The average molecular weight is 131 g/mol. The normalized spacial score (nSPS) is 17.3. The van der Waals surface area contributed by atoms with Crippen LogP contribution in [0.1, 0.15) is 33.1 Å². The lowest BCUT2D eigenvalue weighted by atomic mass is 10.1. The Labute approximate surface area is 57.1 Å². The predicted molar refractivity (Wildman–Crippen MR) is 39.2 cm³/mol. The maximum absolute atomic E-state index is 8.92. The van der Waals surface area contributed by atoms with Gasteiger partial charge in [0.2, 0.25) is 0 Å². The van der Waals surface area contributed by atoms with E-state index in [0.29, 0.717) is 0 Å². The molecule has 0 saturated heterocycles. The highest BCUT2D eigenvalue weighted by atomic mass is 16.3. The first-order chi connectivity index (χ1) is 4.18. The highest BCUT2D eigenvalue weighted by molar-refractivity contribution is 4.66. The number of unbranched alkanes of at least 4 members (excludes halogenated alkanes) is 1. The summed E-state index contributed by atoms with van der Waals surface area (Å²) in [6.45, 7) is 3.86. The van der Waals surface area contributed by atoms with Crippen LogP contribution >= 0.6 is 0 Å². The molecule has 0 unspecified atom stereocenters. The molecule has 2 nitrogen and oxygen atoms in total. The summed E-state index contributed by atoms with van der Waals surface area (Å²) in [5, 5.41) is 8.92. The van der Waals surface area contributed by atoms with Crippen molar-refractivity contribution in [3.05, 3.63) is 0 Å². The van der Waals surface area contributed by atoms with E-state index < -0.39 is 0 Å². The summed E-state index contributed by atoms with van der Waals surface area (Å²) < 4.78 is 0. The van der Waals surface area contributed by atoms with E-state index >= 15 is 0 Å². The van der Waals surface area contributed by atoms with Crippen LogP contribution in [0.15, 0.2) is 0 Å². The molecular weight excluding hydrogens is 114 g/mol. The smallest absolute Gasteiger partial charge is 0.0662 e. The molecule has 0 saturated carbocycles. The highest BCUT2D eigenvalue weighted by Crippen LogP contribution is 2.00. The Balaban J connectivity index is 3.16. The molecule has 0 aromatic heterocycles. The Kier molecular flexibility index (Phi) is 4.72. The number of aliphatic hydroxyl groups excluding tert-OH is 1. The Bertz CT molecular complexity index is 63.9. The number of hydrogen-bond acceptors (Lipinski definition) is 2. The van der Waals surface area contributed by atoms with Crippen molar-refractivity contribution in [3.8, 4) is 0 Å². The van der Waals surface area contributed by atoms with Crippen molar-refractivity contribution in [3.63, 3.8) is 0 Å². The molecule has 0 bridgehead atoms. The largest absolute Gasteiger partial charge is 0.392 e. The van der Waals surface area contributed by atoms with E-state index in [-0.39, 0.29) is 12.1 Å². The summed E-state index contributed by atoms with van der Waals surface area (Å²) in [7, 11) is 0. The molecule has 3 N–H and O–H groups in total. The van der Waals surface area contributed by atoms with Crippen LogP contribution in [-0.4, -0.2) is 17.3 Å². The molecule has 0 aromatic rings. The topological polar surface area (TPSA) is 46.2 Å². The van der Waals surface area contributed by atoms with Gasteiger partial charge in [-0.3, -0.25) is 0 Å². The summed E-state index contributed by atoms with van der Waals surface area (Å²) in [5.74, 6) is 0. The molecular formula is C7H17NO. The van der Waals surface area contributed by atoms with Gasteiger partial charge in [-0.2, -0.15) is 0 Å². The molecule has 0 aliphatic heterocycles. The SMILES string of the molecule is CCCC[C@@H](N)[C@@H](C)O. The average Bonchev–Trinajstić information content (AvgIpc) is 1.82. The number of hydrogen-bond donors (Lipinski definition) is 2. The fourth-order valence-electron chi connectivity index (χ4n) is 0.681. The molecule has 0 heterocycles. The first-order valence-electron chi connectivity index (χ1n) is 3.62. The van der Waals surface area contributed by atoms with Gasteiger partial charge in [-0.05, 0) is 13.3 Å². The monoisotopic (exact) mass is 131 g/mol. The van der Waals surface area contributed by atoms with Gasteiger partial charge in [0.25, 0.3) is 0 Å². The molecule has 0 radical (unpaired) electrons. The zero-order chi connectivity index (χ0) is 7.28. The Morgan fingerprint density at radius 3 is 2.44 bits per heavy atom. The third kappa shape index (κ3) is 4.43. The van der Waals surface area contributed by atoms with Gasteiger partial charge in [0.05, 0.1) is 6.10 Å². The molecule has 9 heavy (non-hydrogen) atoms. The minimum Gasteiger partial charge on any atom is -0.392 e. The molecule has 0 spiro atoms. The lowest BCUT2D eigenvalue weighted by Crippen LogP contribution is -2.31. The molecule has 2 atom stereocenters. The Morgan fingerprint density at radius 1 is 1.56 bits per heavy atom. The summed E-state index contributed by atoms with van der Waals surface area (Å²) >= 11 is 0.